The van der Waals surface area contributed by atoms with E-state index in [0.717, 1.165) is 0 Å². The maximum absolute atomic E-state index is 8.73. The molecule has 0 aromatic heterocycles. The zero-order valence-corrected chi connectivity index (χ0v) is 7.71. The van der Waals surface area contributed by atoms with Gasteiger partial charge in [0.05, 0.1) is 0 Å². The van der Waals surface area contributed by atoms with E-state index in [1.54, 1.807) is 0 Å². The maximum atomic E-state index is 8.73. The fourth-order valence-electron chi connectivity index (χ4n) is 0.473. The Labute approximate surface area is 74.7 Å². The van der Waals surface area contributed by atoms with Gasteiger partial charge in [-0.3, -0.25) is 0 Å². The van der Waals surface area contributed by atoms with E-state index >= 15 is 0 Å². The van der Waals surface area contributed by atoms with Crippen LogP contribution < -0.4 is 0 Å². The van der Waals surface area contributed by atoms with Crippen molar-refractivity contribution >= 4 is 34.8 Å². The summed E-state index contributed by atoms with van der Waals surface area (Å²) in [5.41, 5.74) is 0. The number of hydrogen-bond donors (Lipinski definition) is 2. The first kappa shape index (κ1) is 10.8. The number of hydrogen-bond acceptors (Lipinski definition) is 2. The molecule has 0 aliphatic rings. The molecule has 5 heteroatoms. The van der Waals surface area contributed by atoms with E-state index in [-0.39, 0.29) is 6.42 Å². The number of rotatable bonds is 3. The molecular weight excluding hydrogens is 198 g/mol. The monoisotopic (exact) mass is 206 g/mol. The van der Waals surface area contributed by atoms with Crippen molar-refractivity contribution < 1.29 is 10.2 Å². The molecule has 2 nitrogen and oxygen atoms in total. The Morgan fingerprint density at radius 3 is 1.70 bits per heavy atom. The molecule has 0 amide bonds. The van der Waals surface area contributed by atoms with E-state index in [4.69, 9.17) is 45.0 Å². The van der Waals surface area contributed by atoms with Gasteiger partial charge in [-0.15, -0.1) is 0 Å². The number of aliphatic hydroxyl groups is 2. The molecule has 0 aromatic rings. The van der Waals surface area contributed by atoms with Crippen molar-refractivity contribution in [1.82, 2.24) is 0 Å². The van der Waals surface area contributed by atoms with Crippen molar-refractivity contribution in [2.24, 2.45) is 0 Å². The van der Waals surface area contributed by atoms with E-state index in [2.05, 4.69) is 0 Å². The molecule has 0 bridgehead atoms. The van der Waals surface area contributed by atoms with Crippen molar-refractivity contribution in [2.45, 2.75) is 29.3 Å². The standard InChI is InChI=1S/C5H9Cl3O2/c1-2-3-4(6,7)5(8,9)10/h9-10H,2-3H2,1H3. The minimum atomic E-state index is -2.55. The van der Waals surface area contributed by atoms with Crippen molar-refractivity contribution in [3.63, 3.8) is 0 Å². The van der Waals surface area contributed by atoms with Gasteiger partial charge < -0.3 is 10.2 Å². The summed E-state index contributed by atoms with van der Waals surface area (Å²) in [5, 5.41) is 14.9. The highest BCUT2D eigenvalue weighted by Gasteiger charge is 2.44. The van der Waals surface area contributed by atoms with Crippen LogP contribution in [0.5, 0.6) is 0 Å². The first-order valence-corrected chi connectivity index (χ1v) is 3.96. The lowest BCUT2D eigenvalue weighted by atomic mass is 10.2. The minimum absolute atomic E-state index is 0.229. The van der Waals surface area contributed by atoms with Crippen LogP contribution in [-0.2, 0) is 0 Å². The normalized spacial score (nSPS) is 13.8. The van der Waals surface area contributed by atoms with Crippen molar-refractivity contribution in [1.29, 1.82) is 0 Å². The lowest BCUT2D eigenvalue weighted by Gasteiger charge is -2.27. The van der Waals surface area contributed by atoms with E-state index in [9.17, 15) is 0 Å². The first-order chi connectivity index (χ1) is 4.31. The van der Waals surface area contributed by atoms with Crippen LogP contribution in [0.4, 0.5) is 0 Å². The Morgan fingerprint density at radius 2 is 1.60 bits per heavy atom. The molecule has 0 aromatic carbocycles. The highest BCUT2D eigenvalue weighted by Crippen LogP contribution is 2.38. The van der Waals surface area contributed by atoms with Gasteiger partial charge in [-0.1, -0.05) is 48.1 Å². The number of halogens is 3. The Kier molecular flexibility index (Phi) is 3.73. The van der Waals surface area contributed by atoms with Gasteiger partial charge in [0.2, 0.25) is 0 Å². The second-order valence-electron chi connectivity index (χ2n) is 2.04. The zero-order valence-electron chi connectivity index (χ0n) is 5.44. The summed E-state index contributed by atoms with van der Waals surface area (Å²) in [6.45, 7) is 1.81. The van der Waals surface area contributed by atoms with Gasteiger partial charge in [-0.25, -0.2) is 0 Å². The molecule has 0 saturated carbocycles. The third kappa shape index (κ3) is 2.81. The van der Waals surface area contributed by atoms with Gasteiger partial charge in [0.1, 0.15) is 0 Å². The summed E-state index contributed by atoms with van der Waals surface area (Å²) < 4.78 is -1.69. The molecule has 2 N–H and O–H groups in total. The SMILES string of the molecule is CCCC(Cl)(Cl)C(O)(O)Cl. The smallest absolute Gasteiger partial charge is 0.277 e. The Balaban J connectivity index is 4.10. The zero-order chi connectivity index (χ0) is 8.41. The van der Waals surface area contributed by atoms with Crippen LogP contribution in [0.3, 0.4) is 0 Å². The van der Waals surface area contributed by atoms with Crippen LogP contribution in [0.15, 0.2) is 0 Å². The van der Waals surface area contributed by atoms with Crippen LogP contribution in [0, 0.1) is 0 Å². The summed E-state index contributed by atoms with van der Waals surface area (Å²) in [5.74, 6) is 0. The minimum Gasteiger partial charge on any atom is -0.351 e. The molecule has 0 aliphatic heterocycles. The Hall–Kier alpha value is 0.790. The second kappa shape index (κ2) is 3.46. The lowest BCUT2D eigenvalue weighted by Crippen LogP contribution is -2.40. The molecule has 62 valence electrons. The largest absolute Gasteiger partial charge is 0.351 e. The Bertz CT molecular complexity index is 108. The summed E-state index contributed by atoms with van der Waals surface area (Å²) in [7, 11) is 0. The first-order valence-electron chi connectivity index (χ1n) is 2.82. The fourth-order valence-corrected chi connectivity index (χ4v) is 0.945. The third-order valence-electron chi connectivity index (χ3n) is 1.03. The van der Waals surface area contributed by atoms with Crippen molar-refractivity contribution in [3.8, 4) is 0 Å². The van der Waals surface area contributed by atoms with Gasteiger partial charge in [-0.2, -0.15) is 0 Å². The molecule has 0 atom stereocenters. The molecule has 0 aliphatic carbocycles. The van der Waals surface area contributed by atoms with E-state index < -0.39 is 9.58 Å². The second-order valence-corrected chi connectivity index (χ2v) is 4.05. The summed E-state index contributed by atoms with van der Waals surface area (Å²) in [4.78, 5) is 0. The molecule has 0 unspecified atom stereocenters. The molecule has 0 saturated heterocycles. The van der Waals surface area contributed by atoms with Crippen LogP contribution in [-0.4, -0.2) is 19.8 Å². The highest BCUT2D eigenvalue weighted by molar-refractivity contribution is 6.52. The number of alkyl halides is 3. The highest BCUT2D eigenvalue weighted by atomic mass is 35.5. The average Bonchev–Trinajstić information content (AvgIpc) is 1.61. The predicted octanol–water partition coefficient (Wildman–Crippen LogP) is 1.84. The summed E-state index contributed by atoms with van der Waals surface area (Å²) >= 11 is 15.9. The quantitative estimate of drug-likeness (QED) is 0.548. The Morgan fingerprint density at radius 1 is 1.20 bits per heavy atom. The van der Waals surface area contributed by atoms with Crippen LogP contribution >= 0.6 is 34.8 Å². The van der Waals surface area contributed by atoms with Gasteiger partial charge in [-0.05, 0) is 6.42 Å². The van der Waals surface area contributed by atoms with Gasteiger partial charge in [0.15, 0.2) is 4.33 Å². The fraction of sp³-hybridized carbons (Fsp3) is 1.00. The van der Waals surface area contributed by atoms with Crippen molar-refractivity contribution in [2.75, 3.05) is 0 Å². The van der Waals surface area contributed by atoms with E-state index in [1.165, 1.54) is 0 Å². The van der Waals surface area contributed by atoms with Gasteiger partial charge >= 0.3 is 0 Å². The topological polar surface area (TPSA) is 40.5 Å². The van der Waals surface area contributed by atoms with Crippen LogP contribution in [0.25, 0.3) is 0 Å². The van der Waals surface area contributed by atoms with Gasteiger partial charge in [0, 0.05) is 0 Å². The molecule has 0 spiro atoms. The lowest BCUT2D eigenvalue weighted by molar-refractivity contribution is -0.0972. The van der Waals surface area contributed by atoms with E-state index in [1.807, 2.05) is 6.92 Å². The summed E-state index contributed by atoms with van der Waals surface area (Å²) in [6, 6.07) is 0. The average molecular weight is 207 g/mol. The molecule has 0 rings (SSSR count). The molecular formula is C5H9Cl3O2. The van der Waals surface area contributed by atoms with Crippen LogP contribution in [0.2, 0.25) is 0 Å². The van der Waals surface area contributed by atoms with Crippen LogP contribution in [0.1, 0.15) is 19.8 Å². The maximum Gasteiger partial charge on any atom is 0.277 e. The van der Waals surface area contributed by atoms with Gasteiger partial charge in [0.25, 0.3) is 5.25 Å². The third-order valence-corrected chi connectivity index (χ3v) is 2.45. The molecule has 10 heavy (non-hydrogen) atoms. The van der Waals surface area contributed by atoms with E-state index in [0.29, 0.717) is 6.42 Å². The summed E-state index contributed by atoms with van der Waals surface area (Å²) in [6.07, 6.45) is 0.856. The molecule has 0 fully saturated rings. The molecule has 0 radical (unpaired) electrons. The molecule has 0 heterocycles. The predicted molar refractivity (Wildman–Crippen MR) is 42.4 cm³/mol. The van der Waals surface area contributed by atoms with Crippen molar-refractivity contribution in [3.05, 3.63) is 0 Å².